The van der Waals surface area contributed by atoms with Crippen molar-refractivity contribution in [2.75, 3.05) is 13.7 Å². The molecule has 0 amide bonds. The molecule has 0 N–H and O–H groups in total. The number of rotatable bonds is 8. The number of ether oxygens (including phenoxy) is 3. The summed E-state index contributed by atoms with van der Waals surface area (Å²) >= 11 is 7.01. The standard InChI is InChI=1S/C30H29Br2N3O5/c1-7-39-24-12-17(4)22(14-21(24)16(2)3)29-34-23-11-9-8-10-20(23)30(37)35(29)33-15-19-13-25(38-6)28(40-18(5)36)27(32)26(19)31/h8-16H,7H2,1-6H3. The topological polar surface area (TPSA) is 92.0 Å². The van der Waals surface area contributed by atoms with Crippen LogP contribution in [0.1, 0.15) is 50.3 Å². The van der Waals surface area contributed by atoms with E-state index in [1.807, 2.05) is 38.1 Å². The zero-order valence-electron chi connectivity index (χ0n) is 23.0. The van der Waals surface area contributed by atoms with Gasteiger partial charge >= 0.3 is 5.97 Å². The van der Waals surface area contributed by atoms with Gasteiger partial charge in [0.25, 0.3) is 5.56 Å². The Kier molecular flexibility index (Phi) is 9.10. The molecule has 0 fully saturated rings. The van der Waals surface area contributed by atoms with Crippen LogP contribution >= 0.6 is 31.9 Å². The van der Waals surface area contributed by atoms with Crippen molar-refractivity contribution >= 4 is 54.9 Å². The number of carbonyl (C=O) groups is 1. The Hall–Kier alpha value is -3.50. The van der Waals surface area contributed by atoms with E-state index in [4.69, 9.17) is 19.2 Å². The van der Waals surface area contributed by atoms with Crippen molar-refractivity contribution in [3.63, 3.8) is 0 Å². The van der Waals surface area contributed by atoms with Crippen LogP contribution in [0.2, 0.25) is 0 Å². The fourth-order valence-corrected chi connectivity index (χ4v) is 5.19. The van der Waals surface area contributed by atoms with Crippen molar-refractivity contribution in [1.29, 1.82) is 0 Å². The first-order valence-corrected chi connectivity index (χ1v) is 14.2. The summed E-state index contributed by atoms with van der Waals surface area (Å²) in [5, 5.41) is 5.06. The third-order valence-corrected chi connectivity index (χ3v) is 8.35. The number of nitrogens with zero attached hydrogens (tertiary/aromatic N) is 3. The summed E-state index contributed by atoms with van der Waals surface area (Å²) in [6, 6.07) is 12.9. The maximum atomic E-state index is 13.8. The summed E-state index contributed by atoms with van der Waals surface area (Å²) in [6.07, 6.45) is 1.53. The third-order valence-electron chi connectivity index (χ3n) is 6.21. The summed E-state index contributed by atoms with van der Waals surface area (Å²) in [6.45, 7) is 9.96. The highest BCUT2D eigenvalue weighted by Gasteiger charge is 2.20. The molecule has 0 unspecified atom stereocenters. The lowest BCUT2D eigenvalue weighted by Gasteiger charge is -2.18. The summed E-state index contributed by atoms with van der Waals surface area (Å²) in [7, 11) is 1.47. The van der Waals surface area contributed by atoms with E-state index in [2.05, 4.69) is 50.8 Å². The molecule has 0 atom stereocenters. The number of methoxy groups -OCH3 is 1. The van der Waals surface area contributed by atoms with Gasteiger partial charge in [-0.25, -0.2) is 4.98 Å². The van der Waals surface area contributed by atoms with Crippen molar-refractivity contribution in [2.24, 2.45) is 5.10 Å². The smallest absolute Gasteiger partial charge is 0.308 e. The molecular weight excluding hydrogens is 642 g/mol. The molecule has 0 aliphatic carbocycles. The van der Waals surface area contributed by atoms with Gasteiger partial charge in [0.15, 0.2) is 17.3 Å². The lowest BCUT2D eigenvalue weighted by molar-refractivity contribution is -0.132. The first kappa shape index (κ1) is 29.5. The highest BCUT2D eigenvalue weighted by molar-refractivity contribution is 9.13. The molecule has 40 heavy (non-hydrogen) atoms. The molecule has 8 nitrogen and oxygen atoms in total. The molecule has 4 rings (SSSR count). The summed E-state index contributed by atoms with van der Waals surface area (Å²) in [4.78, 5) is 30.3. The van der Waals surface area contributed by atoms with E-state index in [0.717, 1.165) is 22.4 Å². The molecule has 208 valence electrons. The van der Waals surface area contributed by atoms with Crippen LogP contribution in [0.15, 0.2) is 61.3 Å². The van der Waals surface area contributed by atoms with Gasteiger partial charge in [-0.2, -0.15) is 9.78 Å². The van der Waals surface area contributed by atoms with E-state index in [1.54, 1.807) is 18.2 Å². The Morgan fingerprint density at radius 2 is 1.85 bits per heavy atom. The molecule has 0 bridgehead atoms. The maximum Gasteiger partial charge on any atom is 0.308 e. The SMILES string of the molecule is CCOc1cc(C)c(-c2nc3ccccc3c(=O)n2N=Cc2cc(OC)c(OC(C)=O)c(Br)c2Br)cc1C(C)C. The van der Waals surface area contributed by atoms with Gasteiger partial charge in [-0.05, 0) is 93.1 Å². The van der Waals surface area contributed by atoms with Crippen LogP contribution in [0.25, 0.3) is 22.3 Å². The van der Waals surface area contributed by atoms with Gasteiger partial charge in [0.1, 0.15) is 5.75 Å². The van der Waals surface area contributed by atoms with E-state index < -0.39 is 5.97 Å². The molecule has 3 aromatic carbocycles. The fourth-order valence-electron chi connectivity index (χ4n) is 4.28. The number of aromatic nitrogens is 2. The van der Waals surface area contributed by atoms with Gasteiger partial charge in [0, 0.05) is 22.5 Å². The fraction of sp³-hybridized carbons (Fsp3) is 0.267. The quantitative estimate of drug-likeness (QED) is 0.112. The maximum absolute atomic E-state index is 13.8. The lowest BCUT2D eigenvalue weighted by atomic mass is 9.96. The van der Waals surface area contributed by atoms with Gasteiger partial charge in [0.2, 0.25) is 0 Å². The Bertz CT molecular complexity index is 1700. The van der Waals surface area contributed by atoms with Gasteiger partial charge in [-0.15, -0.1) is 0 Å². The van der Waals surface area contributed by atoms with Crippen LogP contribution in [-0.2, 0) is 4.79 Å². The first-order chi connectivity index (χ1) is 19.1. The zero-order valence-corrected chi connectivity index (χ0v) is 26.2. The van der Waals surface area contributed by atoms with Gasteiger partial charge in [-0.1, -0.05) is 26.0 Å². The Balaban J connectivity index is 1.97. The van der Waals surface area contributed by atoms with Crippen LogP contribution in [0.4, 0.5) is 0 Å². The van der Waals surface area contributed by atoms with Crippen LogP contribution < -0.4 is 19.8 Å². The molecule has 0 radical (unpaired) electrons. The molecule has 1 aromatic heterocycles. The molecule has 0 spiro atoms. The number of hydrogen-bond donors (Lipinski definition) is 0. The number of halogens is 2. The monoisotopic (exact) mass is 669 g/mol. The van der Waals surface area contributed by atoms with E-state index >= 15 is 0 Å². The number of para-hydroxylation sites is 1. The molecular formula is C30H29Br2N3O5. The molecule has 0 saturated heterocycles. The third kappa shape index (κ3) is 5.83. The molecule has 4 aromatic rings. The van der Waals surface area contributed by atoms with Crippen molar-refractivity contribution < 1.29 is 19.0 Å². The highest BCUT2D eigenvalue weighted by atomic mass is 79.9. The number of carbonyl (C=O) groups excluding carboxylic acids is 1. The average Bonchev–Trinajstić information content (AvgIpc) is 2.91. The number of aryl methyl sites for hydroxylation is 1. The van der Waals surface area contributed by atoms with E-state index in [1.165, 1.54) is 24.9 Å². The number of hydrogen-bond acceptors (Lipinski definition) is 7. The molecule has 10 heteroatoms. The van der Waals surface area contributed by atoms with E-state index in [-0.39, 0.29) is 17.2 Å². The average molecular weight is 671 g/mol. The van der Waals surface area contributed by atoms with Crippen LogP contribution in [0.5, 0.6) is 17.2 Å². The molecule has 1 heterocycles. The minimum Gasteiger partial charge on any atom is -0.494 e. The van der Waals surface area contributed by atoms with Gasteiger partial charge in [0.05, 0.1) is 35.3 Å². The van der Waals surface area contributed by atoms with Crippen molar-refractivity contribution in [1.82, 2.24) is 9.66 Å². The zero-order chi connectivity index (χ0) is 29.1. The minimum atomic E-state index is -0.489. The highest BCUT2D eigenvalue weighted by Crippen LogP contribution is 2.42. The minimum absolute atomic E-state index is 0.182. The van der Waals surface area contributed by atoms with Crippen LogP contribution in [-0.4, -0.2) is 35.6 Å². The number of esters is 1. The number of benzene rings is 3. The predicted octanol–water partition coefficient (Wildman–Crippen LogP) is 7.24. The second-order valence-electron chi connectivity index (χ2n) is 9.33. The van der Waals surface area contributed by atoms with Crippen LogP contribution in [0, 0.1) is 6.92 Å². The summed E-state index contributed by atoms with van der Waals surface area (Å²) in [5.74, 6) is 1.46. The van der Waals surface area contributed by atoms with Gasteiger partial charge in [-0.3, -0.25) is 9.59 Å². The van der Waals surface area contributed by atoms with E-state index in [0.29, 0.717) is 43.6 Å². The Morgan fingerprint density at radius 1 is 1.12 bits per heavy atom. The number of fused-ring (bicyclic) bond motifs is 1. The van der Waals surface area contributed by atoms with Crippen LogP contribution in [0.3, 0.4) is 0 Å². The van der Waals surface area contributed by atoms with Crippen molar-refractivity contribution in [3.05, 3.63) is 78.5 Å². The normalized spacial score (nSPS) is 11.4. The second kappa shape index (κ2) is 12.3. The Morgan fingerprint density at radius 3 is 2.50 bits per heavy atom. The van der Waals surface area contributed by atoms with Gasteiger partial charge < -0.3 is 14.2 Å². The molecule has 0 aliphatic rings. The second-order valence-corrected chi connectivity index (χ2v) is 10.9. The summed E-state index contributed by atoms with van der Waals surface area (Å²) in [5.41, 5.74) is 3.53. The largest absolute Gasteiger partial charge is 0.494 e. The summed E-state index contributed by atoms with van der Waals surface area (Å²) < 4.78 is 19.0. The van der Waals surface area contributed by atoms with E-state index in [9.17, 15) is 9.59 Å². The molecule has 0 aliphatic heterocycles. The molecule has 0 saturated carbocycles. The van der Waals surface area contributed by atoms with Crippen molar-refractivity contribution in [3.8, 4) is 28.6 Å². The van der Waals surface area contributed by atoms with Crippen molar-refractivity contribution in [2.45, 2.75) is 40.5 Å². The first-order valence-electron chi connectivity index (χ1n) is 12.7. The Labute approximate surface area is 249 Å². The lowest BCUT2D eigenvalue weighted by Crippen LogP contribution is -2.21. The predicted molar refractivity (Wildman–Crippen MR) is 164 cm³/mol.